The molecular weight excluding hydrogens is 435 g/mol. The molecule has 2 aliphatic heterocycles. The van der Waals surface area contributed by atoms with Gasteiger partial charge in [0.1, 0.15) is 0 Å². The van der Waals surface area contributed by atoms with Gasteiger partial charge in [0, 0.05) is 34.2 Å². The lowest BCUT2D eigenvalue weighted by molar-refractivity contribution is 1.11. The summed E-state index contributed by atoms with van der Waals surface area (Å²) >= 11 is 0. The molecule has 0 fully saturated rings. The molecule has 2 aromatic carbocycles. The number of nitrogens with zero attached hydrogens (tertiary/aromatic N) is 2. The van der Waals surface area contributed by atoms with Crippen LogP contribution in [0.4, 0.5) is 17.1 Å². The van der Waals surface area contributed by atoms with Crippen LogP contribution in [0.2, 0.25) is 0 Å². The molecule has 0 spiro atoms. The highest BCUT2D eigenvalue weighted by molar-refractivity contribution is 6.90. The highest BCUT2D eigenvalue weighted by Crippen LogP contribution is 2.44. The summed E-state index contributed by atoms with van der Waals surface area (Å²) < 4.78 is 0. The van der Waals surface area contributed by atoms with Gasteiger partial charge in [-0.15, -0.1) is 0 Å². The predicted molar refractivity (Wildman–Crippen MR) is 160 cm³/mol. The summed E-state index contributed by atoms with van der Waals surface area (Å²) in [7, 11) is 0. The number of allylic oxidation sites excluding steroid dienone is 12. The summed E-state index contributed by atoms with van der Waals surface area (Å²) in [4.78, 5) is 4.64. The third-order valence-corrected chi connectivity index (χ3v) is 6.58. The van der Waals surface area contributed by atoms with Crippen LogP contribution in [0.1, 0.15) is 20.8 Å². The van der Waals surface area contributed by atoms with E-state index in [4.69, 9.17) is 0 Å². The Labute approximate surface area is 216 Å². The largest absolute Gasteiger partial charge is 0.312 e. The zero-order valence-corrected chi connectivity index (χ0v) is 21.5. The lowest BCUT2D eigenvalue weighted by Crippen LogP contribution is -2.50. The summed E-state index contributed by atoms with van der Waals surface area (Å²) in [5.41, 5.74) is 10.3. The van der Waals surface area contributed by atoms with E-state index in [0.717, 1.165) is 34.2 Å². The van der Waals surface area contributed by atoms with Crippen LogP contribution in [-0.4, -0.2) is 6.71 Å². The first kappa shape index (κ1) is 24.9. The second kappa shape index (κ2) is 11.0. The first-order valence-electron chi connectivity index (χ1n) is 12.4. The topological polar surface area (TPSA) is 6.48 Å². The van der Waals surface area contributed by atoms with Crippen molar-refractivity contribution in [3.8, 4) is 0 Å². The van der Waals surface area contributed by atoms with Gasteiger partial charge in [0.2, 0.25) is 0 Å². The molecule has 4 rings (SSSR count). The van der Waals surface area contributed by atoms with Gasteiger partial charge in [0.15, 0.2) is 0 Å². The monoisotopic (exact) mass is 468 g/mol. The lowest BCUT2D eigenvalue weighted by atomic mass is 9.32. The molecular formula is C33H33BN2. The average molecular weight is 468 g/mol. The minimum atomic E-state index is 0.0438. The summed E-state index contributed by atoms with van der Waals surface area (Å²) in [6.45, 7) is 18.6. The molecule has 36 heavy (non-hydrogen) atoms. The van der Waals surface area contributed by atoms with Crippen molar-refractivity contribution in [2.75, 3.05) is 9.80 Å². The van der Waals surface area contributed by atoms with Gasteiger partial charge in [-0.25, -0.2) is 0 Å². The van der Waals surface area contributed by atoms with Crippen molar-refractivity contribution in [3.63, 3.8) is 0 Å². The van der Waals surface area contributed by atoms with E-state index >= 15 is 0 Å². The van der Waals surface area contributed by atoms with Crippen LogP contribution in [0, 0.1) is 0 Å². The number of anilines is 3. The molecule has 2 aromatic rings. The Hall–Kier alpha value is -4.24. The molecule has 0 aromatic heterocycles. The van der Waals surface area contributed by atoms with Gasteiger partial charge < -0.3 is 9.80 Å². The standard InChI is InChI=1S/C33H33BN2/c1-7-13-20-25(10-4)35-29(11-5)27(18-8-2)34-28(19-9-3)30(12-6)36(26-21-15-14-16-22-26)32-24-17-23-31(35)33(32)34/h7-24H,1,5-6H2,2-4H3/b18-8-,19-9-,20-13-,25-10+. The number of benzene rings is 2. The molecule has 0 N–H and O–H groups in total. The molecule has 0 amide bonds. The first-order valence-corrected chi connectivity index (χ1v) is 12.4. The highest BCUT2D eigenvalue weighted by atomic mass is 15.2. The Balaban J connectivity index is 2.17. The van der Waals surface area contributed by atoms with Gasteiger partial charge in [-0.1, -0.05) is 86.5 Å². The smallest absolute Gasteiger partial charge is 0.252 e. The van der Waals surface area contributed by atoms with E-state index in [1.807, 2.05) is 18.2 Å². The van der Waals surface area contributed by atoms with Crippen LogP contribution in [0.3, 0.4) is 0 Å². The quantitative estimate of drug-likeness (QED) is 0.285. The van der Waals surface area contributed by atoms with Crippen molar-refractivity contribution in [2.24, 2.45) is 0 Å². The molecule has 0 atom stereocenters. The second-order valence-electron chi connectivity index (χ2n) is 8.55. The SMILES string of the molecule is C=C/C=C\C(=C/C)N1C(C=C)=C(/C=C\C)B2C(/C=C\C)=C(C=C)N(c3ccccc3)c3cccc1c32. The van der Waals surface area contributed by atoms with Crippen molar-refractivity contribution in [3.05, 3.63) is 157 Å². The van der Waals surface area contributed by atoms with Gasteiger partial charge in [-0.2, -0.15) is 0 Å². The van der Waals surface area contributed by atoms with Crippen LogP contribution in [-0.2, 0) is 0 Å². The molecule has 0 radical (unpaired) electrons. The van der Waals surface area contributed by atoms with Crippen LogP contribution < -0.4 is 15.3 Å². The molecule has 178 valence electrons. The summed E-state index contributed by atoms with van der Waals surface area (Å²) in [6.07, 6.45) is 20.6. The molecule has 2 nitrogen and oxygen atoms in total. The lowest BCUT2D eigenvalue weighted by Gasteiger charge is -2.44. The van der Waals surface area contributed by atoms with E-state index in [0.29, 0.717) is 0 Å². The zero-order valence-electron chi connectivity index (χ0n) is 21.5. The normalized spacial score (nSPS) is 16.0. The minimum absolute atomic E-state index is 0.0438. The van der Waals surface area contributed by atoms with Gasteiger partial charge in [-0.3, -0.25) is 0 Å². The Kier molecular flexibility index (Phi) is 7.60. The van der Waals surface area contributed by atoms with Gasteiger partial charge in [0.05, 0.1) is 0 Å². The van der Waals surface area contributed by atoms with E-state index in [-0.39, 0.29) is 6.71 Å². The van der Waals surface area contributed by atoms with Crippen molar-refractivity contribution in [1.82, 2.24) is 0 Å². The number of para-hydroxylation sites is 1. The average Bonchev–Trinajstić information content (AvgIpc) is 2.91. The first-order chi connectivity index (χ1) is 17.7. The van der Waals surface area contributed by atoms with Crippen molar-refractivity contribution >= 4 is 29.2 Å². The van der Waals surface area contributed by atoms with E-state index in [1.165, 1.54) is 16.4 Å². The maximum Gasteiger partial charge on any atom is 0.252 e. The van der Waals surface area contributed by atoms with Crippen LogP contribution in [0.25, 0.3) is 0 Å². The number of rotatable bonds is 8. The van der Waals surface area contributed by atoms with Gasteiger partial charge in [0.25, 0.3) is 6.71 Å². The third-order valence-electron chi connectivity index (χ3n) is 6.58. The third kappa shape index (κ3) is 4.07. The maximum atomic E-state index is 4.25. The molecule has 0 saturated carbocycles. The summed E-state index contributed by atoms with van der Waals surface area (Å²) in [5.74, 6) is 0. The zero-order chi connectivity index (χ0) is 25.7. The predicted octanol–water partition coefficient (Wildman–Crippen LogP) is 8.12. The van der Waals surface area contributed by atoms with Crippen LogP contribution in [0.15, 0.2) is 157 Å². The molecule has 2 aliphatic rings. The fourth-order valence-corrected chi connectivity index (χ4v) is 5.26. The second-order valence-corrected chi connectivity index (χ2v) is 8.55. The minimum Gasteiger partial charge on any atom is -0.312 e. The molecule has 0 unspecified atom stereocenters. The van der Waals surface area contributed by atoms with Crippen molar-refractivity contribution < 1.29 is 0 Å². The van der Waals surface area contributed by atoms with E-state index < -0.39 is 0 Å². The maximum absolute atomic E-state index is 4.25. The molecule has 0 aliphatic carbocycles. The van der Waals surface area contributed by atoms with E-state index in [2.05, 4.69) is 135 Å². The molecule has 0 saturated heterocycles. The number of hydrogen-bond acceptors (Lipinski definition) is 2. The highest BCUT2D eigenvalue weighted by Gasteiger charge is 2.43. The van der Waals surface area contributed by atoms with Crippen LogP contribution >= 0.6 is 0 Å². The molecule has 0 bridgehead atoms. The Morgan fingerprint density at radius 1 is 0.778 bits per heavy atom. The number of hydrogen-bond donors (Lipinski definition) is 0. The molecule has 2 heterocycles. The molecule has 3 heteroatoms. The summed E-state index contributed by atoms with van der Waals surface area (Å²) in [6, 6.07) is 17.1. The van der Waals surface area contributed by atoms with Gasteiger partial charge >= 0.3 is 0 Å². The fraction of sp³-hybridized carbons (Fsp3) is 0.0909. The van der Waals surface area contributed by atoms with Crippen molar-refractivity contribution in [2.45, 2.75) is 20.8 Å². The Morgan fingerprint density at radius 2 is 1.42 bits per heavy atom. The van der Waals surface area contributed by atoms with E-state index in [1.54, 1.807) is 6.08 Å². The Bertz CT molecular complexity index is 1370. The van der Waals surface area contributed by atoms with Crippen molar-refractivity contribution in [1.29, 1.82) is 0 Å². The van der Waals surface area contributed by atoms with E-state index in [9.17, 15) is 0 Å². The Morgan fingerprint density at radius 3 is 2.00 bits per heavy atom. The van der Waals surface area contributed by atoms with Gasteiger partial charge in [-0.05, 0) is 79.7 Å². The summed E-state index contributed by atoms with van der Waals surface area (Å²) in [5, 5.41) is 0. The van der Waals surface area contributed by atoms with Crippen LogP contribution in [0.5, 0.6) is 0 Å². The fourth-order valence-electron chi connectivity index (χ4n) is 5.26.